The summed E-state index contributed by atoms with van der Waals surface area (Å²) in [5.41, 5.74) is 2.58. The fraction of sp³-hybridized carbons (Fsp3) is 0.167. The molecule has 5 heteroatoms. The van der Waals surface area contributed by atoms with Crippen molar-refractivity contribution in [2.24, 2.45) is 0 Å². The molecule has 0 aliphatic heterocycles. The van der Waals surface area contributed by atoms with Crippen molar-refractivity contribution >= 4 is 10.9 Å². The molecule has 0 aliphatic rings. The van der Waals surface area contributed by atoms with Crippen LogP contribution in [0.15, 0.2) is 82.4 Å². The van der Waals surface area contributed by atoms with Crippen LogP contribution in [0.1, 0.15) is 16.7 Å². The van der Waals surface area contributed by atoms with Gasteiger partial charge in [-0.15, -0.1) is 0 Å². The van der Waals surface area contributed by atoms with Gasteiger partial charge in [0.15, 0.2) is 0 Å². The maximum atomic E-state index is 13.9. The number of halogens is 1. The third-order valence-corrected chi connectivity index (χ3v) is 5.12. The van der Waals surface area contributed by atoms with E-state index in [0.29, 0.717) is 17.3 Å². The van der Waals surface area contributed by atoms with E-state index in [1.807, 2.05) is 61.5 Å². The van der Waals surface area contributed by atoms with Gasteiger partial charge in [-0.2, -0.15) is 0 Å². The summed E-state index contributed by atoms with van der Waals surface area (Å²) < 4.78 is 16.7. The van der Waals surface area contributed by atoms with Gasteiger partial charge in [0.2, 0.25) is 0 Å². The molecule has 0 fully saturated rings. The molecule has 3 aromatic carbocycles. The Labute approximate surface area is 167 Å². The first kappa shape index (κ1) is 18.9. The van der Waals surface area contributed by atoms with E-state index in [-0.39, 0.29) is 18.6 Å². The van der Waals surface area contributed by atoms with Crippen molar-refractivity contribution in [1.29, 1.82) is 0 Å². The number of aromatic nitrogens is 2. The summed E-state index contributed by atoms with van der Waals surface area (Å²) in [7, 11) is 0. The highest BCUT2D eigenvalue weighted by atomic mass is 19.1. The second-order valence-corrected chi connectivity index (χ2v) is 7.21. The normalized spacial score (nSPS) is 11.1. The molecule has 146 valence electrons. The van der Waals surface area contributed by atoms with Gasteiger partial charge in [0.1, 0.15) is 5.82 Å². The lowest BCUT2D eigenvalue weighted by Gasteiger charge is -2.14. The molecule has 0 N–H and O–H groups in total. The highest BCUT2D eigenvalue weighted by Gasteiger charge is 2.14. The zero-order valence-corrected chi connectivity index (χ0v) is 16.1. The van der Waals surface area contributed by atoms with Crippen LogP contribution < -0.4 is 11.2 Å². The molecule has 0 spiro atoms. The second kappa shape index (κ2) is 7.87. The van der Waals surface area contributed by atoms with Crippen LogP contribution in [0.3, 0.4) is 0 Å². The molecule has 0 unspecified atom stereocenters. The van der Waals surface area contributed by atoms with Gasteiger partial charge in [0.25, 0.3) is 5.56 Å². The van der Waals surface area contributed by atoms with Gasteiger partial charge < -0.3 is 0 Å². The maximum absolute atomic E-state index is 13.9. The average Bonchev–Trinajstić information content (AvgIpc) is 2.73. The zero-order valence-electron chi connectivity index (χ0n) is 16.1. The number of rotatable bonds is 5. The molecule has 1 heterocycles. The fourth-order valence-corrected chi connectivity index (χ4v) is 3.50. The van der Waals surface area contributed by atoms with Crippen molar-refractivity contribution in [3.05, 3.63) is 116 Å². The van der Waals surface area contributed by atoms with Crippen molar-refractivity contribution in [2.75, 3.05) is 0 Å². The Morgan fingerprint density at radius 3 is 2.28 bits per heavy atom. The second-order valence-electron chi connectivity index (χ2n) is 7.21. The largest absolute Gasteiger partial charge is 0.331 e. The Morgan fingerprint density at radius 1 is 0.828 bits per heavy atom. The van der Waals surface area contributed by atoms with Gasteiger partial charge in [-0.3, -0.25) is 13.9 Å². The van der Waals surface area contributed by atoms with Crippen molar-refractivity contribution in [3.8, 4) is 0 Å². The maximum Gasteiger partial charge on any atom is 0.331 e. The lowest BCUT2D eigenvalue weighted by molar-refractivity contribution is 0.586. The molecular weight excluding hydrogens is 367 g/mol. The van der Waals surface area contributed by atoms with Crippen molar-refractivity contribution in [3.63, 3.8) is 0 Å². The van der Waals surface area contributed by atoms with Gasteiger partial charge in [-0.25, -0.2) is 9.18 Å². The number of hydrogen-bond acceptors (Lipinski definition) is 2. The van der Waals surface area contributed by atoms with Crippen LogP contribution in [0.5, 0.6) is 0 Å². The molecule has 0 aliphatic carbocycles. The number of benzene rings is 3. The van der Waals surface area contributed by atoms with E-state index in [2.05, 4.69) is 0 Å². The monoisotopic (exact) mass is 388 g/mol. The van der Waals surface area contributed by atoms with E-state index in [4.69, 9.17) is 0 Å². The predicted molar refractivity (Wildman–Crippen MR) is 113 cm³/mol. The van der Waals surface area contributed by atoms with Crippen LogP contribution in [0.25, 0.3) is 10.9 Å². The third-order valence-electron chi connectivity index (χ3n) is 5.12. The zero-order chi connectivity index (χ0) is 20.4. The SMILES string of the molecule is Cc1ccc(Cn2c(=O)n(CCc3ccccc3)c(=O)c3ccc(F)cc32)cc1. The molecule has 0 radical (unpaired) electrons. The van der Waals surface area contributed by atoms with Crippen molar-refractivity contribution < 1.29 is 4.39 Å². The minimum absolute atomic E-state index is 0.267. The molecule has 0 saturated carbocycles. The van der Waals surface area contributed by atoms with Crippen LogP contribution in [-0.2, 0) is 19.5 Å². The van der Waals surface area contributed by atoms with E-state index >= 15 is 0 Å². The highest BCUT2D eigenvalue weighted by Crippen LogP contribution is 2.13. The van der Waals surface area contributed by atoms with Gasteiger partial charge in [-0.1, -0.05) is 60.2 Å². The van der Waals surface area contributed by atoms with E-state index in [9.17, 15) is 14.0 Å². The quantitative estimate of drug-likeness (QED) is 0.520. The summed E-state index contributed by atoms with van der Waals surface area (Å²) in [6, 6.07) is 21.5. The molecule has 0 saturated heterocycles. The van der Waals surface area contributed by atoms with E-state index in [1.54, 1.807) is 0 Å². The Balaban J connectivity index is 1.83. The summed E-state index contributed by atoms with van der Waals surface area (Å²) in [5.74, 6) is -0.476. The summed E-state index contributed by atoms with van der Waals surface area (Å²) in [5, 5.41) is 0.339. The first-order chi connectivity index (χ1) is 14.0. The standard InChI is InChI=1S/C24H21FN2O2/c1-17-7-9-19(10-8-17)16-27-22-15-20(25)11-12-21(22)23(28)26(24(27)29)14-13-18-5-3-2-4-6-18/h2-12,15H,13-14,16H2,1H3. The molecule has 0 atom stereocenters. The van der Waals surface area contributed by atoms with Crippen LogP contribution in [0.4, 0.5) is 4.39 Å². The lowest BCUT2D eigenvalue weighted by atomic mass is 10.1. The average molecular weight is 388 g/mol. The van der Waals surface area contributed by atoms with Crippen molar-refractivity contribution in [2.45, 2.75) is 26.4 Å². The predicted octanol–water partition coefficient (Wildman–Crippen LogP) is 3.90. The van der Waals surface area contributed by atoms with E-state index < -0.39 is 11.5 Å². The Morgan fingerprint density at radius 2 is 1.55 bits per heavy atom. The third kappa shape index (κ3) is 3.90. The molecular formula is C24H21FN2O2. The summed E-state index contributed by atoms with van der Waals surface area (Å²) in [6.07, 6.45) is 0.563. The van der Waals surface area contributed by atoms with Crippen LogP contribution in [0, 0.1) is 12.7 Å². The smallest absolute Gasteiger partial charge is 0.289 e. The first-order valence-electron chi connectivity index (χ1n) is 9.55. The summed E-state index contributed by atoms with van der Waals surface area (Å²) in [6.45, 7) is 2.53. The van der Waals surface area contributed by atoms with Gasteiger partial charge in [0, 0.05) is 6.54 Å². The van der Waals surface area contributed by atoms with E-state index in [0.717, 1.165) is 16.7 Å². The molecule has 4 rings (SSSR count). The summed E-state index contributed by atoms with van der Waals surface area (Å²) in [4.78, 5) is 26.2. The fourth-order valence-electron chi connectivity index (χ4n) is 3.50. The Bertz CT molecular complexity index is 1270. The molecule has 4 aromatic rings. The van der Waals surface area contributed by atoms with E-state index in [1.165, 1.54) is 27.3 Å². The molecule has 1 aromatic heterocycles. The Kier molecular flexibility index (Phi) is 5.12. The lowest BCUT2D eigenvalue weighted by Crippen LogP contribution is -2.40. The molecule has 4 nitrogen and oxygen atoms in total. The highest BCUT2D eigenvalue weighted by molar-refractivity contribution is 5.78. The molecule has 0 amide bonds. The minimum Gasteiger partial charge on any atom is -0.289 e. The van der Waals surface area contributed by atoms with Gasteiger partial charge in [-0.05, 0) is 42.7 Å². The first-order valence-corrected chi connectivity index (χ1v) is 9.55. The number of nitrogens with zero attached hydrogens (tertiary/aromatic N) is 2. The number of aryl methyl sites for hydroxylation is 2. The molecule has 29 heavy (non-hydrogen) atoms. The minimum atomic E-state index is -0.476. The topological polar surface area (TPSA) is 44.0 Å². The van der Waals surface area contributed by atoms with Gasteiger partial charge in [0.05, 0.1) is 17.4 Å². The van der Waals surface area contributed by atoms with Crippen LogP contribution >= 0.6 is 0 Å². The van der Waals surface area contributed by atoms with Gasteiger partial charge >= 0.3 is 5.69 Å². The van der Waals surface area contributed by atoms with Crippen LogP contribution in [0.2, 0.25) is 0 Å². The van der Waals surface area contributed by atoms with Crippen LogP contribution in [-0.4, -0.2) is 9.13 Å². The van der Waals surface area contributed by atoms with Crippen molar-refractivity contribution in [1.82, 2.24) is 9.13 Å². The Hall–Kier alpha value is -3.47. The molecule has 0 bridgehead atoms. The number of hydrogen-bond donors (Lipinski definition) is 0. The number of fused-ring (bicyclic) bond motifs is 1. The summed E-state index contributed by atoms with van der Waals surface area (Å²) >= 11 is 0.